The van der Waals surface area contributed by atoms with Gasteiger partial charge in [-0.25, -0.2) is 9.79 Å². The van der Waals surface area contributed by atoms with Crippen molar-refractivity contribution in [2.45, 2.75) is 19.4 Å². The lowest BCUT2D eigenvalue weighted by atomic mass is 10.1. The van der Waals surface area contributed by atoms with E-state index in [1.165, 1.54) is 6.21 Å². The van der Waals surface area contributed by atoms with Gasteiger partial charge in [0, 0.05) is 18.2 Å². The van der Waals surface area contributed by atoms with Gasteiger partial charge >= 0.3 is 5.97 Å². The third-order valence-corrected chi connectivity index (χ3v) is 3.14. The highest BCUT2D eigenvalue weighted by molar-refractivity contribution is 5.92. The second kappa shape index (κ2) is 7.98. The first-order chi connectivity index (χ1) is 11.2. The van der Waals surface area contributed by atoms with Crippen LogP contribution >= 0.6 is 0 Å². The second-order valence-corrected chi connectivity index (χ2v) is 4.80. The molecule has 1 atom stereocenters. The van der Waals surface area contributed by atoms with Gasteiger partial charge in [-0.1, -0.05) is 36.9 Å². The molecule has 0 saturated carbocycles. The summed E-state index contributed by atoms with van der Waals surface area (Å²) in [7, 11) is 0. The number of rotatable bonds is 5. The minimum Gasteiger partial charge on any atom is -0.505 e. The molecule has 2 rings (SSSR count). The topological polar surface area (TPSA) is 68.1 Å². The molecule has 0 amide bonds. The molecule has 0 fully saturated rings. The molecule has 1 aliphatic heterocycles. The van der Waals surface area contributed by atoms with Gasteiger partial charge in [0.05, 0.1) is 6.61 Å². The van der Waals surface area contributed by atoms with Crippen LogP contribution in [0.15, 0.2) is 71.1 Å². The number of nitrogens with zero attached hydrogens (tertiary/aromatic N) is 1. The molecule has 1 aromatic rings. The van der Waals surface area contributed by atoms with Crippen LogP contribution in [0.4, 0.5) is 0 Å². The van der Waals surface area contributed by atoms with E-state index < -0.39 is 12.1 Å². The molecule has 0 aromatic heterocycles. The number of allylic oxidation sites excluding steroid dienone is 3. The molecular formula is C18H19NO4. The maximum atomic E-state index is 11.9. The average molecular weight is 313 g/mol. The summed E-state index contributed by atoms with van der Waals surface area (Å²) in [6.45, 7) is 5.52. The molecule has 1 N–H and O–H groups in total. The zero-order valence-electron chi connectivity index (χ0n) is 12.9. The van der Waals surface area contributed by atoms with E-state index in [0.29, 0.717) is 17.7 Å². The number of aliphatic hydroxyl groups excluding tert-OH is 1. The van der Waals surface area contributed by atoms with Crippen molar-refractivity contribution < 1.29 is 19.4 Å². The van der Waals surface area contributed by atoms with Gasteiger partial charge in [0.1, 0.15) is 11.9 Å². The Kier molecular flexibility index (Phi) is 5.74. The predicted octanol–water partition coefficient (Wildman–Crippen LogP) is 3.35. The molecule has 0 saturated heterocycles. The zero-order valence-corrected chi connectivity index (χ0v) is 12.9. The molecule has 0 unspecified atom stereocenters. The van der Waals surface area contributed by atoms with Crippen molar-refractivity contribution in [3.63, 3.8) is 0 Å². The highest BCUT2D eigenvalue weighted by atomic mass is 16.5. The number of ether oxygens (including phenoxy) is 2. The first kappa shape index (κ1) is 16.5. The highest BCUT2D eigenvalue weighted by Crippen LogP contribution is 2.24. The van der Waals surface area contributed by atoms with Crippen LogP contribution in [0.1, 0.15) is 13.3 Å². The van der Waals surface area contributed by atoms with Crippen LogP contribution < -0.4 is 4.74 Å². The normalized spacial score (nSPS) is 19.3. The van der Waals surface area contributed by atoms with Gasteiger partial charge in [-0.05, 0) is 19.1 Å². The first-order valence-electron chi connectivity index (χ1n) is 7.34. The summed E-state index contributed by atoms with van der Waals surface area (Å²) in [5.74, 6) is -0.198. The molecule has 23 heavy (non-hydrogen) atoms. The molecule has 0 spiro atoms. The Bertz CT molecular complexity index is 659. The van der Waals surface area contributed by atoms with Gasteiger partial charge in [0.25, 0.3) is 0 Å². The summed E-state index contributed by atoms with van der Waals surface area (Å²) in [5.41, 5.74) is 0.389. The summed E-state index contributed by atoms with van der Waals surface area (Å²) >= 11 is 0. The monoisotopic (exact) mass is 313 g/mol. The molecule has 1 aliphatic rings. The van der Waals surface area contributed by atoms with Crippen LogP contribution in [0.3, 0.4) is 0 Å². The molecule has 5 heteroatoms. The average Bonchev–Trinajstić information content (AvgIpc) is 2.69. The minimum atomic E-state index is -0.670. The number of para-hydroxylation sites is 1. The second-order valence-electron chi connectivity index (χ2n) is 4.80. The van der Waals surface area contributed by atoms with E-state index in [-0.39, 0.29) is 18.1 Å². The van der Waals surface area contributed by atoms with Crippen LogP contribution in [0.2, 0.25) is 0 Å². The molecule has 0 radical (unpaired) electrons. The van der Waals surface area contributed by atoms with Crippen molar-refractivity contribution in [1.29, 1.82) is 0 Å². The van der Waals surface area contributed by atoms with Gasteiger partial charge in [0.2, 0.25) is 0 Å². The van der Waals surface area contributed by atoms with Crippen molar-refractivity contribution in [3.8, 4) is 5.75 Å². The molecule has 1 aromatic carbocycles. The van der Waals surface area contributed by atoms with Crippen molar-refractivity contribution >= 4 is 12.2 Å². The fourth-order valence-electron chi connectivity index (χ4n) is 2.12. The number of carbonyl (C=O) groups is 1. The van der Waals surface area contributed by atoms with Gasteiger partial charge in [-0.3, -0.25) is 0 Å². The van der Waals surface area contributed by atoms with Gasteiger partial charge in [-0.2, -0.15) is 0 Å². The largest absolute Gasteiger partial charge is 0.505 e. The van der Waals surface area contributed by atoms with Crippen LogP contribution in [0, 0.1) is 0 Å². The number of hydrogen-bond acceptors (Lipinski definition) is 5. The number of carbonyl (C=O) groups excluding carboxylic acids is 1. The number of aliphatic imine (C=N–C) groups is 1. The molecule has 0 aliphatic carbocycles. The fraction of sp³-hybridized carbons (Fsp3) is 0.222. The lowest BCUT2D eigenvalue weighted by molar-refractivity contribution is -0.138. The number of benzene rings is 1. The van der Waals surface area contributed by atoms with Crippen molar-refractivity contribution in [2.75, 3.05) is 6.61 Å². The lowest BCUT2D eigenvalue weighted by Crippen LogP contribution is -2.18. The minimum absolute atomic E-state index is 0.126. The van der Waals surface area contributed by atoms with Crippen molar-refractivity contribution in [3.05, 3.63) is 66.1 Å². The van der Waals surface area contributed by atoms with Crippen LogP contribution in [0.5, 0.6) is 5.75 Å². The van der Waals surface area contributed by atoms with E-state index in [0.717, 1.165) is 0 Å². The standard InChI is InChI=1S/C18H19NO4/c1-3-8-13-11-15(23-14-9-6-5-7-10-14)12-19-16(17(13)20)18(21)22-4-2/h3,5-10,12,15,20H,1,4,11H2,2H3/b13-8+/t15-/m1/s1. The fourth-order valence-corrected chi connectivity index (χ4v) is 2.12. The smallest absolute Gasteiger partial charge is 0.360 e. The van der Waals surface area contributed by atoms with Crippen molar-refractivity contribution in [1.82, 2.24) is 0 Å². The van der Waals surface area contributed by atoms with E-state index in [9.17, 15) is 9.90 Å². The maximum Gasteiger partial charge on any atom is 0.360 e. The lowest BCUT2D eigenvalue weighted by Gasteiger charge is -2.15. The van der Waals surface area contributed by atoms with E-state index >= 15 is 0 Å². The molecule has 1 heterocycles. The number of aliphatic hydroxyl groups is 1. The highest BCUT2D eigenvalue weighted by Gasteiger charge is 2.24. The number of hydrogen-bond donors (Lipinski definition) is 1. The van der Waals surface area contributed by atoms with E-state index in [2.05, 4.69) is 11.6 Å². The summed E-state index contributed by atoms with van der Waals surface area (Å²) in [6, 6.07) is 9.28. The van der Waals surface area contributed by atoms with Gasteiger partial charge < -0.3 is 14.6 Å². The Morgan fingerprint density at radius 1 is 1.43 bits per heavy atom. The summed E-state index contributed by atoms with van der Waals surface area (Å²) in [6.07, 6.45) is 4.61. The molecular weight excluding hydrogens is 294 g/mol. The van der Waals surface area contributed by atoms with Crippen molar-refractivity contribution in [2.24, 2.45) is 4.99 Å². The Labute approximate surface area is 135 Å². The molecule has 120 valence electrons. The van der Waals surface area contributed by atoms with Crippen LogP contribution in [-0.4, -0.2) is 30.0 Å². The molecule has 0 bridgehead atoms. The Hall–Kier alpha value is -2.82. The third kappa shape index (κ3) is 4.32. The maximum absolute atomic E-state index is 11.9. The predicted molar refractivity (Wildman–Crippen MR) is 88.5 cm³/mol. The Morgan fingerprint density at radius 3 is 2.83 bits per heavy atom. The SMILES string of the molecule is C=C/C=C1\C[C@@H](Oc2ccccc2)C=NC(C(=O)OCC)=C1O. The quantitative estimate of drug-likeness (QED) is 0.846. The molecule has 5 nitrogen and oxygen atoms in total. The Balaban J connectivity index is 2.28. The van der Waals surface area contributed by atoms with Gasteiger partial charge in [0.15, 0.2) is 11.5 Å². The third-order valence-electron chi connectivity index (χ3n) is 3.14. The summed E-state index contributed by atoms with van der Waals surface area (Å²) < 4.78 is 10.8. The summed E-state index contributed by atoms with van der Waals surface area (Å²) in [5, 5.41) is 10.3. The van der Waals surface area contributed by atoms with E-state index in [1.54, 1.807) is 19.1 Å². The van der Waals surface area contributed by atoms with Gasteiger partial charge in [-0.15, -0.1) is 0 Å². The van der Waals surface area contributed by atoms with E-state index in [1.807, 2.05) is 30.3 Å². The Morgan fingerprint density at radius 2 is 2.17 bits per heavy atom. The number of esters is 1. The first-order valence-corrected chi connectivity index (χ1v) is 7.34. The van der Waals surface area contributed by atoms with Crippen LogP contribution in [0.25, 0.3) is 0 Å². The van der Waals surface area contributed by atoms with E-state index in [4.69, 9.17) is 9.47 Å². The summed E-state index contributed by atoms with van der Waals surface area (Å²) in [4.78, 5) is 16.0. The van der Waals surface area contributed by atoms with Crippen LogP contribution in [-0.2, 0) is 9.53 Å². The zero-order chi connectivity index (χ0) is 16.7.